The Morgan fingerprint density at radius 2 is 1.79 bits per heavy atom. The monoisotopic (exact) mass is 347 g/mol. The van der Waals surface area contributed by atoms with Crippen LogP contribution in [0.25, 0.3) is 10.9 Å². The molecule has 2 aliphatic rings. The molecule has 0 spiro atoms. The minimum absolute atomic E-state index is 0.0899. The number of nitrogens with one attached hydrogen (secondary N) is 1. The highest BCUT2D eigenvalue weighted by Crippen LogP contribution is 2.35. The minimum Gasteiger partial charge on any atom is -0.347 e. The van der Waals surface area contributed by atoms with Crippen LogP contribution in [0.1, 0.15) is 31.4 Å². The molecule has 3 heterocycles. The molecular weight excluding hydrogens is 322 g/mol. The Bertz CT molecular complexity index is 875. The summed E-state index contributed by atoms with van der Waals surface area (Å²) < 4.78 is 30.4. The van der Waals surface area contributed by atoms with Crippen LogP contribution >= 0.6 is 0 Å². The molecule has 1 aromatic carbocycles. The zero-order valence-electron chi connectivity index (χ0n) is 14.5. The zero-order valence-corrected chi connectivity index (χ0v) is 15.3. The molecule has 0 saturated carbocycles. The number of piperidine rings is 1. The summed E-state index contributed by atoms with van der Waals surface area (Å²) in [4.78, 5) is 0.467. The SMILES string of the molecule is Cc1c(S(=O)(=O)N(C)C2CC3CCC(C2)N3)c2ccccc2n1C. The first-order chi connectivity index (χ1) is 11.4. The highest BCUT2D eigenvalue weighted by Gasteiger charge is 2.40. The summed E-state index contributed by atoms with van der Waals surface area (Å²) in [7, 11) is 0.179. The topological polar surface area (TPSA) is 54.3 Å². The van der Waals surface area contributed by atoms with Gasteiger partial charge in [-0.1, -0.05) is 18.2 Å². The maximum atomic E-state index is 13.4. The number of hydrogen-bond acceptors (Lipinski definition) is 3. The van der Waals surface area contributed by atoms with Gasteiger partial charge in [-0.2, -0.15) is 4.31 Å². The number of benzene rings is 1. The third-order valence-electron chi connectivity index (χ3n) is 5.94. The van der Waals surface area contributed by atoms with E-state index in [9.17, 15) is 8.42 Å². The van der Waals surface area contributed by atoms with E-state index in [1.54, 1.807) is 11.4 Å². The van der Waals surface area contributed by atoms with Crippen LogP contribution in [0, 0.1) is 6.92 Å². The second-order valence-corrected chi connectivity index (χ2v) is 9.21. The quantitative estimate of drug-likeness (QED) is 0.927. The van der Waals surface area contributed by atoms with Gasteiger partial charge in [0.15, 0.2) is 0 Å². The van der Waals surface area contributed by atoms with E-state index >= 15 is 0 Å². The molecule has 2 unspecified atom stereocenters. The van der Waals surface area contributed by atoms with E-state index < -0.39 is 10.0 Å². The first-order valence-electron chi connectivity index (χ1n) is 8.67. The van der Waals surface area contributed by atoms with Crippen molar-refractivity contribution in [1.82, 2.24) is 14.2 Å². The van der Waals surface area contributed by atoms with Crippen molar-refractivity contribution in [3.8, 4) is 0 Å². The molecule has 1 aromatic heterocycles. The van der Waals surface area contributed by atoms with Crippen molar-refractivity contribution in [3.05, 3.63) is 30.0 Å². The van der Waals surface area contributed by atoms with E-state index in [-0.39, 0.29) is 6.04 Å². The van der Waals surface area contributed by atoms with Crippen molar-refractivity contribution in [3.63, 3.8) is 0 Å². The zero-order chi connectivity index (χ0) is 17.1. The van der Waals surface area contributed by atoms with E-state index in [0.717, 1.165) is 29.4 Å². The second-order valence-electron chi connectivity index (χ2n) is 7.28. The Hall–Kier alpha value is -1.37. The lowest BCUT2D eigenvalue weighted by atomic mass is 10.0. The molecule has 2 atom stereocenters. The van der Waals surface area contributed by atoms with Gasteiger partial charge in [-0.25, -0.2) is 8.42 Å². The molecule has 2 saturated heterocycles. The van der Waals surface area contributed by atoms with Gasteiger partial charge < -0.3 is 9.88 Å². The summed E-state index contributed by atoms with van der Waals surface area (Å²) >= 11 is 0. The van der Waals surface area contributed by atoms with Crippen molar-refractivity contribution < 1.29 is 8.42 Å². The summed E-state index contributed by atoms with van der Waals surface area (Å²) in [6, 6.07) is 8.78. The highest BCUT2D eigenvalue weighted by molar-refractivity contribution is 7.89. The van der Waals surface area contributed by atoms with E-state index in [1.165, 1.54) is 12.8 Å². The Labute approximate surface area is 143 Å². The minimum atomic E-state index is -3.51. The molecule has 0 amide bonds. The molecule has 2 aromatic rings. The molecule has 2 bridgehead atoms. The van der Waals surface area contributed by atoms with E-state index in [2.05, 4.69) is 5.32 Å². The van der Waals surface area contributed by atoms with Gasteiger partial charge in [0.1, 0.15) is 4.90 Å². The van der Waals surface area contributed by atoms with Crippen molar-refractivity contribution in [2.24, 2.45) is 7.05 Å². The van der Waals surface area contributed by atoms with Gasteiger partial charge in [0.25, 0.3) is 0 Å². The normalized spacial score (nSPS) is 27.2. The number of fused-ring (bicyclic) bond motifs is 3. The van der Waals surface area contributed by atoms with E-state index in [0.29, 0.717) is 17.0 Å². The van der Waals surface area contributed by atoms with Gasteiger partial charge in [0, 0.05) is 48.8 Å². The summed E-state index contributed by atoms with van der Waals surface area (Å²) in [5.41, 5.74) is 1.77. The molecule has 6 heteroatoms. The van der Waals surface area contributed by atoms with Crippen LogP contribution in [0.4, 0.5) is 0 Å². The molecular formula is C18H25N3O2S. The molecule has 1 N–H and O–H groups in total. The number of hydrogen-bond donors (Lipinski definition) is 1. The maximum Gasteiger partial charge on any atom is 0.245 e. The Balaban J connectivity index is 1.77. The average Bonchev–Trinajstić information content (AvgIpc) is 3.04. The summed E-state index contributed by atoms with van der Waals surface area (Å²) in [5, 5.41) is 4.41. The van der Waals surface area contributed by atoms with Crippen LogP contribution in [0.3, 0.4) is 0 Å². The van der Waals surface area contributed by atoms with Crippen LogP contribution < -0.4 is 5.32 Å². The molecule has 4 rings (SSSR count). The maximum absolute atomic E-state index is 13.4. The molecule has 130 valence electrons. The second kappa shape index (κ2) is 5.58. The summed E-state index contributed by atoms with van der Waals surface area (Å²) in [5.74, 6) is 0. The van der Waals surface area contributed by atoms with Crippen molar-refractivity contribution in [1.29, 1.82) is 0 Å². The number of aryl methyl sites for hydroxylation is 1. The first kappa shape index (κ1) is 16.1. The summed E-state index contributed by atoms with van der Waals surface area (Å²) in [6.07, 6.45) is 4.16. The Morgan fingerprint density at radius 3 is 2.46 bits per heavy atom. The highest BCUT2D eigenvalue weighted by atomic mass is 32.2. The van der Waals surface area contributed by atoms with Gasteiger partial charge in [0.2, 0.25) is 10.0 Å². The lowest BCUT2D eigenvalue weighted by molar-refractivity contribution is 0.251. The van der Waals surface area contributed by atoms with Crippen LogP contribution in [-0.2, 0) is 17.1 Å². The molecule has 0 radical (unpaired) electrons. The Morgan fingerprint density at radius 1 is 1.17 bits per heavy atom. The molecule has 2 fully saturated rings. The van der Waals surface area contributed by atoms with E-state index in [1.807, 2.05) is 42.8 Å². The third-order valence-corrected chi connectivity index (χ3v) is 8.03. The van der Waals surface area contributed by atoms with Crippen LogP contribution in [-0.4, -0.2) is 42.5 Å². The number of rotatable bonds is 3. The van der Waals surface area contributed by atoms with Crippen molar-refractivity contribution in [2.45, 2.75) is 55.6 Å². The predicted molar refractivity (Wildman–Crippen MR) is 95.6 cm³/mol. The number of nitrogens with zero attached hydrogens (tertiary/aromatic N) is 2. The fraction of sp³-hybridized carbons (Fsp3) is 0.556. The summed E-state index contributed by atoms with van der Waals surface area (Å²) in [6.45, 7) is 1.90. The van der Waals surface area contributed by atoms with Crippen LogP contribution in [0.5, 0.6) is 0 Å². The van der Waals surface area contributed by atoms with Crippen LogP contribution in [0.2, 0.25) is 0 Å². The lowest BCUT2D eigenvalue weighted by Gasteiger charge is -2.34. The number of para-hydroxylation sites is 1. The number of aromatic nitrogens is 1. The largest absolute Gasteiger partial charge is 0.347 e. The van der Waals surface area contributed by atoms with Gasteiger partial charge in [0.05, 0.1) is 0 Å². The predicted octanol–water partition coefficient (Wildman–Crippen LogP) is 2.39. The van der Waals surface area contributed by atoms with Crippen molar-refractivity contribution >= 4 is 20.9 Å². The Kier molecular flexibility index (Phi) is 3.74. The van der Waals surface area contributed by atoms with Gasteiger partial charge in [-0.05, 0) is 38.7 Å². The smallest absolute Gasteiger partial charge is 0.245 e. The van der Waals surface area contributed by atoms with Crippen molar-refractivity contribution in [2.75, 3.05) is 7.05 Å². The molecule has 2 aliphatic heterocycles. The average molecular weight is 347 g/mol. The van der Waals surface area contributed by atoms with Gasteiger partial charge in [-0.15, -0.1) is 0 Å². The molecule has 5 nitrogen and oxygen atoms in total. The fourth-order valence-corrected chi connectivity index (χ4v) is 6.29. The lowest BCUT2D eigenvalue weighted by Crippen LogP contribution is -2.48. The van der Waals surface area contributed by atoms with E-state index in [4.69, 9.17) is 0 Å². The number of sulfonamides is 1. The van der Waals surface area contributed by atoms with Gasteiger partial charge in [-0.3, -0.25) is 0 Å². The third kappa shape index (κ3) is 2.31. The molecule has 24 heavy (non-hydrogen) atoms. The standard InChI is InChI=1S/C18H25N3O2S/c1-12-18(16-6-4-5-7-17(16)20(12)2)24(22,23)21(3)15-10-13-8-9-14(11-15)19-13/h4-7,13-15,19H,8-11H2,1-3H3. The van der Waals surface area contributed by atoms with Crippen LogP contribution in [0.15, 0.2) is 29.2 Å². The first-order valence-corrected chi connectivity index (χ1v) is 10.1. The fourth-order valence-electron chi connectivity index (χ4n) is 4.48. The molecule has 0 aliphatic carbocycles. The van der Waals surface area contributed by atoms with Gasteiger partial charge >= 0.3 is 0 Å².